The van der Waals surface area contributed by atoms with E-state index in [0.717, 1.165) is 5.56 Å². The summed E-state index contributed by atoms with van der Waals surface area (Å²) in [6, 6.07) is 5.97. The van der Waals surface area contributed by atoms with E-state index in [1.54, 1.807) is 18.3 Å². The molecule has 0 spiro atoms. The fraction of sp³-hybridized carbons (Fsp3) is 0.167. The van der Waals surface area contributed by atoms with E-state index in [1.165, 1.54) is 23.0 Å². The molecular formula is C12H15N5O3S. The van der Waals surface area contributed by atoms with E-state index in [9.17, 15) is 13.2 Å². The molecule has 1 amide bonds. The summed E-state index contributed by atoms with van der Waals surface area (Å²) in [6.45, 7) is 0.340. The summed E-state index contributed by atoms with van der Waals surface area (Å²) in [4.78, 5) is 11.7. The highest BCUT2D eigenvalue weighted by Gasteiger charge is 2.07. The zero-order chi connectivity index (χ0) is 15.5. The van der Waals surface area contributed by atoms with E-state index in [-0.39, 0.29) is 23.9 Å². The van der Waals surface area contributed by atoms with Crippen molar-refractivity contribution in [2.75, 3.05) is 5.73 Å². The van der Waals surface area contributed by atoms with Crippen LogP contribution in [0.1, 0.15) is 5.56 Å². The van der Waals surface area contributed by atoms with Crippen molar-refractivity contribution in [3.05, 3.63) is 42.2 Å². The lowest BCUT2D eigenvalue weighted by molar-refractivity contribution is -0.122. The number of nitrogens with two attached hydrogens (primary N) is 2. The Bertz CT molecular complexity index is 737. The van der Waals surface area contributed by atoms with Crippen molar-refractivity contribution in [2.45, 2.75) is 18.0 Å². The van der Waals surface area contributed by atoms with Crippen LogP contribution in [0.15, 0.2) is 41.6 Å². The fourth-order valence-electron chi connectivity index (χ4n) is 1.67. The average Bonchev–Trinajstić information content (AvgIpc) is 2.81. The highest BCUT2D eigenvalue weighted by Crippen LogP contribution is 2.08. The summed E-state index contributed by atoms with van der Waals surface area (Å²) in [7, 11) is -3.70. The average molecular weight is 309 g/mol. The van der Waals surface area contributed by atoms with Crippen molar-refractivity contribution in [3.8, 4) is 0 Å². The molecule has 0 aliphatic rings. The van der Waals surface area contributed by atoms with E-state index in [0.29, 0.717) is 5.69 Å². The molecule has 0 radical (unpaired) electrons. The van der Waals surface area contributed by atoms with Gasteiger partial charge in [0.05, 0.1) is 16.8 Å². The third-order valence-electron chi connectivity index (χ3n) is 2.70. The number of anilines is 1. The van der Waals surface area contributed by atoms with Crippen molar-refractivity contribution in [1.29, 1.82) is 0 Å². The van der Waals surface area contributed by atoms with Crippen LogP contribution in [0.5, 0.6) is 0 Å². The second-order valence-electron chi connectivity index (χ2n) is 4.44. The summed E-state index contributed by atoms with van der Waals surface area (Å²) in [5.74, 6) is -0.228. The number of hydrogen-bond acceptors (Lipinski definition) is 5. The Morgan fingerprint density at radius 1 is 1.29 bits per heavy atom. The first-order valence-corrected chi connectivity index (χ1v) is 7.55. The highest BCUT2D eigenvalue weighted by molar-refractivity contribution is 7.89. The molecule has 21 heavy (non-hydrogen) atoms. The largest absolute Gasteiger partial charge is 0.396 e. The Morgan fingerprint density at radius 3 is 2.48 bits per heavy atom. The van der Waals surface area contributed by atoms with Gasteiger partial charge in [-0.1, -0.05) is 12.1 Å². The van der Waals surface area contributed by atoms with Gasteiger partial charge in [0.2, 0.25) is 15.9 Å². The van der Waals surface area contributed by atoms with Crippen LogP contribution in [-0.4, -0.2) is 24.1 Å². The Kier molecular flexibility index (Phi) is 4.24. The van der Waals surface area contributed by atoms with Crippen LogP contribution in [0.3, 0.4) is 0 Å². The van der Waals surface area contributed by atoms with Gasteiger partial charge in [-0.05, 0) is 17.7 Å². The number of primary sulfonamides is 1. The Hall–Kier alpha value is -2.39. The van der Waals surface area contributed by atoms with E-state index in [2.05, 4.69) is 10.4 Å². The molecule has 0 saturated heterocycles. The summed E-state index contributed by atoms with van der Waals surface area (Å²) in [6.07, 6.45) is 3.01. The lowest BCUT2D eigenvalue weighted by atomic mass is 10.2. The van der Waals surface area contributed by atoms with Gasteiger partial charge >= 0.3 is 0 Å². The second-order valence-corrected chi connectivity index (χ2v) is 6.00. The molecule has 2 aromatic rings. The van der Waals surface area contributed by atoms with Gasteiger partial charge in [-0.25, -0.2) is 13.6 Å². The number of hydrogen-bond donors (Lipinski definition) is 3. The maximum atomic E-state index is 11.7. The summed E-state index contributed by atoms with van der Waals surface area (Å²) in [5.41, 5.74) is 6.74. The van der Waals surface area contributed by atoms with Gasteiger partial charge in [-0.3, -0.25) is 9.48 Å². The van der Waals surface area contributed by atoms with Gasteiger partial charge in [0, 0.05) is 12.7 Å². The molecule has 0 atom stereocenters. The number of carbonyl (C=O) groups excluding carboxylic acids is 1. The molecule has 0 aliphatic carbocycles. The molecule has 0 bridgehead atoms. The van der Waals surface area contributed by atoms with Crippen molar-refractivity contribution in [1.82, 2.24) is 15.1 Å². The maximum Gasteiger partial charge on any atom is 0.241 e. The van der Waals surface area contributed by atoms with E-state index < -0.39 is 10.0 Å². The molecule has 0 saturated carbocycles. The molecule has 112 valence electrons. The molecule has 1 aromatic carbocycles. The topological polar surface area (TPSA) is 133 Å². The lowest BCUT2D eigenvalue weighted by Gasteiger charge is -2.06. The van der Waals surface area contributed by atoms with Gasteiger partial charge in [0.25, 0.3) is 0 Å². The van der Waals surface area contributed by atoms with Crippen molar-refractivity contribution in [3.63, 3.8) is 0 Å². The molecule has 2 rings (SSSR count). The lowest BCUT2D eigenvalue weighted by Crippen LogP contribution is -2.27. The van der Waals surface area contributed by atoms with Crippen LogP contribution in [0, 0.1) is 0 Å². The third kappa shape index (κ3) is 4.29. The Labute approximate surface area is 121 Å². The smallest absolute Gasteiger partial charge is 0.241 e. The number of amides is 1. The van der Waals surface area contributed by atoms with Gasteiger partial charge in [-0.2, -0.15) is 5.10 Å². The third-order valence-corrected chi connectivity index (χ3v) is 3.63. The minimum absolute atomic E-state index is 0.0320. The number of carbonyl (C=O) groups is 1. The van der Waals surface area contributed by atoms with E-state index in [1.807, 2.05) is 0 Å². The van der Waals surface area contributed by atoms with Crippen LogP contribution < -0.4 is 16.2 Å². The monoisotopic (exact) mass is 309 g/mol. The number of nitrogens with one attached hydrogen (secondary N) is 1. The fourth-order valence-corrected chi connectivity index (χ4v) is 2.18. The van der Waals surface area contributed by atoms with Crippen molar-refractivity contribution >= 4 is 21.6 Å². The van der Waals surface area contributed by atoms with E-state index >= 15 is 0 Å². The minimum atomic E-state index is -3.70. The molecule has 8 nitrogen and oxygen atoms in total. The summed E-state index contributed by atoms with van der Waals surface area (Å²) < 4.78 is 23.6. The maximum absolute atomic E-state index is 11.7. The predicted octanol–water partition coefficient (Wildman–Crippen LogP) is -0.571. The molecule has 0 fully saturated rings. The number of sulfonamides is 1. The Balaban J connectivity index is 1.89. The number of benzene rings is 1. The molecule has 0 unspecified atom stereocenters. The van der Waals surface area contributed by atoms with Gasteiger partial charge in [0.1, 0.15) is 6.54 Å². The minimum Gasteiger partial charge on any atom is -0.396 e. The number of nitrogens with zero attached hydrogens (tertiary/aromatic N) is 2. The van der Waals surface area contributed by atoms with Gasteiger partial charge in [-0.15, -0.1) is 0 Å². The standard InChI is InChI=1S/C12H15N5O3S/c13-10-6-16-17(7-10)8-12(18)15-5-9-1-3-11(4-2-9)21(14,19)20/h1-4,6-7H,5,8,13H2,(H,15,18)(H2,14,19,20). The van der Waals surface area contributed by atoms with Crippen molar-refractivity contribution in [2.24, 2.45) is 5.14 Å². The highest BCUT2D eigenvalue weighted by atomic mass is 32.2. The first-order valence-electron chi connectivity index (χ1n) is 6.01. The quantitative estimate of drug-likeness (QED) is 0.680. The SMILES string of the molecule is Nc1cnn(CC(=O)NCc2ccc(S(N)(=O)=O)cc2)c1. The van der Waals surface area contributed by atoms with Crippen LogP contribution in [-0.2, 0) is 27.9 Å². The predicted molar refractivity (Wildman–Crippen MR) is 76.3 cm³/mol. The zero-order valence-corrected chi connectivity index (χ0v) is 11.9. The van der Waals surface area contributed by atoms with Gasteiger partial charge < -0.3 is 11.1 Å². The molecular weight excluding hydrogens is 294 g/mol. The molecule has 1 heterocycles. The zero-order valence-electron chi connectivity index (χ0n) is 11.1. The number of nitrogen functional groups attached to an aromatic ring is 1. The van der Waals surface area contributed by atoms with E-state index in [4.69, 9.17) is 10.9 Å². The molecule has 1 aromatic heterocycles. The van der Waals surface area contributed by atoms with Crippen LogP contribution in [0.25, 0.3) is 0 Å². The van der Waals surface area contributed by atoms with Crippen LogP contribution in [0.2, 0.25) is 0 Å². The van der Waals surface area contributed by atoms with Crippen LogP contribution in [0.4, 0.5) is 5.69 Å². The number of aromatic nitrogens is 2. The molecule has 9 heteroatoms. The first-order chi connectivity index (χ1) is 9.84. The summed E-state index contributed by atoms with van der Waals surface area (Å²) >= 11 is 0. The first kappa shape index (κ1) is 15.0. The molecule has 5 N–H and O–H groups in total. The second kappa shape index (κ2) is 5.94. The van der Waals surface area contributed by atoms with Crippen LogP contribution >= 0.6 is 0 Å². The Morgan fingerprint density at radius 2 is 1.95 bits per heavy atom. The normalized spacial score (nSPS) is 11.3. The van der Waals surface area contributed by atoms with Crippen molar-refractivity contribution < 1.29 is 13.2 Å². The molecule has 0 aliphatic heterocycles. The number of rotatable bonds is 5. The van der Waals surface area contributed by atoms with Gasteiger partial charge in [0.15, 0.2) is 0 Å². The summed E-state index contributed by atoms with van der Waals surface area (Å²) in [5, 5.41) is 11.6.